The summed E-state index contributed by atoms with van der Waals surface area (Å²) < 4.78 is -1.71. The van der Waals surface area contributed by atoms with Gasteiger partial charge in [-0.25, -0.2) is 0 Å². The van der Waals surface area contributed by atoms with Crippen LogP contribution in [-0.4, -0.2) is 16.4 Å². The van der Waals surface area contributed by atoms with Crippen LogP contribution in [0.5, 0.6) is 0 Å². The Labute approximate surface area is 151 Å². The van der Waals surface area contributed by atoms with E-state index in [9.17, 15) is 4.79 Å². The molecule has 0 heterocycles. The topological polar surface area (TPSA) is 29.1 Å². The molecule has 0 fully saturated rings. The Kier molecular flexibility index (Phi) is 6.17. The van der Waals surface area contributed by atoms with E-state index in [4.69, 9.17) is 34.8 Å². The Bertz CT molecular complexity index is 644. The first-order valence-corrected chi connectivity index (χ1v) is 8.17. The average molecular weight is 366 g/mol. The normalized spacial score (nSPS) is 11.9. The fraction of sp³-hybridized carbons (Fsp3) is 0.118. The number of carbonyl (C=O) groups excluding carboxylic acids is 1. The molecule has 0 bridgehead atoms. The highest BCUT2D eigenvalue weighted by Gasteiger charge is 2.31. The number of hydrogen-bond acceptors (Lipinski definition) is 2. The van der Waals surface area contributed by atoms with E-state index < -0.39 is 3.79 Å². The molecule has 0 aromatic heterocycles. The summed E-state index contributed by atoms with van der Waals surface area (Å²) >= 11 is 18.0. The van der Waals surface area contributed by atoms with Gasteiger partial charge in [0.15, 0.2) is 5.78 Å². The number of ketones is 1. The molecule has 23 heavy (non-hydrogen) atoms. The van der Waals surface area contributed by atoms with Crippen molar-refractivity contribution < 1.29 is 4.79 Å². The van der Waals surface area contributed by atoms with Crippen LogP contribution in [0.2, 0.25) is 0 Å². The van der Waals surface area contributed by atoms with Crippen molar-refractivity contribution in [3.05, 3.63) is 72.4 Å². The number of allylic oxidation sites excluding steroid dienone is 2. The smallest absolute Gasteiger partial charge is 0.320 e. The lowest BCUT2D eigenvalue weighted by molar-refractivity contribution is -0.112. The first-order valence-electron chi connectivity index (χ1n) is 7.04. The lowest BCUT2D eigenvalue weighted by atomic mass is 9.50. The minimum absolute atomic E-state index is 0.196. The number of nitrogens with one attached hydrogen (secondary N) is 1. The summed E-state index contributed by atoms with van der Waals surface area (Å²) in [5.41, 5.74) is 2.25. The van der Waals surface area contributed by atoms with Crippen LogP contribution in [0.1, 0.15) is 6.92 Å². The molecule has 0 radical (unpaired) electrons. The van der Waals surface area contributed by atoms with Crippen LogP contribution in [0.25, 0.3) is 0 Å². The number of rotatable bonds is 5. The molecule has 0 unspecified atom stereocenters. The van der Waals surface area contributed by atoms with E-state index in [0.29, 0.717) is 0 Å². The van der Waals surface area contributed by atoms with Crippen molar-refractivity contribution in [1.29, 1.82) is 0 Å². The molecule has 0 aliphatic rings. The van der Waals surface area contributed by atoms with Crippen molar-refractivity contribution in [2.24, 2.45) is 0 Å². The number of carbonyl (C=O) groups is 1. The molecule has 1 N–H and O–H groups in total. The van der Waals surface area contributed by atoms with Crippen molar-refractivity contribution >= 4 is 58.4 Å². The molecule has 6 heteroatoms. The minimum atomic E-state index is -1.71. The zero-order valence-corrected chi connectivity index (χ0v) is 14.7. The number of halogens is 3. The van der Waals surface area contributed by atoms with Gasteiger partial charge < -0.3 is 5.23 Å². The third kappa shape index (κ3) is 5.31. The Morgan fingerprint density at radius 3 is 1.74 bits per heavy atom. The van der Waals surface area contributed by atoms with Gasteiger partial charge in [-0.2, -0.15) is 0 Å². The summed E-state index contributed by atoms with van der Waals surface area (Å²) in [6.45, 7) is 1.18. The van der Waals surface area contributed by atoms with E-state index in [1.54, 1.807) is 0 Å². The largest absolute Gasteiger partial charge is 0.420 e. The molecule has 0 saturated heterocycles. The molecular formula is C17H15BCl3NO. The number of hydrogen-bond donors (Lipinski definition) is 1. The molecule has 0 aliphatic heterocycles. The highest BCUT2D eigenvalue weighted by Crippen LogP contribution is 2.33. The number of benzene rings is 2. The maximum absolute atomic E-state index is 11.5. The molecule has 0 amide bonds. The van der Waals surface area contributed by atoms with Gasteiger partial charge >= 0.3 is 6.85 Å². The fourth-order valence-electron chi connectivity index (χ4n) is 2.21. The molecule has 0 spiro atoms. The maximum Gasteiger partial charge on any atom is 0.320 e. The molecule has 0 aliphatic carbocycles. The average Bonchev–Trinajstić information content (AvgIpc) is 2.51. The summed E-state index contributed by atoms with van der Waals surface area (Å²) in [5.74, 6) is -0.196. The molecule has 2 nitrogen and oxygen atoms in total. The zero-order valence-electron chi connectivity index (χ0n) is 12.5. The summed E-state index contributed by atoms with van der Waals surface area (Å²) in [4.78, 5) is 11.5. The Balaban J connectivity index is 2.44. The van der Waals surface area contributed by atoms with Crippen LogP contribution in [0.15, 0.2) is 72.4 Å². The maximum atomic E-state index is 11.5. The van der Waals surface area contributed by atoms with Crippen LogP contribution in [0.3, 0.4) is 0 Å². The van der Waals surface area contributed by atoms with E-state index in [2.05, 4.69) is 5.23 Å². The van der Waals surface area contributed by atoms with Crippen LogP contribution in [0, 0.1) is 0 Å². The van der Waals surface area contributed by atoms with Crippen LogP contribution in [-0.2, 0) is 4.79 Å². The van der Waals surface area contributed by atoms with Gasteiger partial charge in [0.1, 0.15) is 0 Å². The van der Waals surface area contributed by atoms with E-state index >= 15 is 0 Å². The SMILES string of the molecule is CC(=O)/C=C(\NB(c1ccccc1)c1ccccc1)C(Cl)(Cl)Cl. The monoisotopic (exact) mass is 365 g/mol. The molecule has 2 aromatic rings. The quantitative estimate of drug-likeness (QED) is 0.500. The third-order valence-electron chi connectivity index (χ3n) is 3.22. The molecule has 118 valence electrons. The predicted octanol–water partition coefficient (Wildman–Crippen LogP) is 3.23. The second-order valence-electron chi connectivity index (χ2n) is 5.07. The summed E-state index contributed by atoms with van der Waals surface area (Å²) in [6.07, 6.45) is 1.31. The van der Waals surface area contributed by atoms with Crippen LogP contribution < -0.4 is 16.2 Å². The van der Waals surface area contributed by atoms with Crippen LogP contribution >= 0.6 is 34.8 Å². The van der Waals surface area contributed by atoms with E-state index in [-0.39, 0.29) is 18.3 Å². The van der Waals surface area contributed by atoms with Crippen molar-refractivity contribution in [2.45, 2.75) is 10.7 Å². The second kappa shape index (κ2) is 7.91. The van der Waals surface area contributed by atoms with Crippen molar-refractivity contribution in [3.63, 3.8) is 0 Å². The van der Waals surface area contributed by atoms with Gasteiger partial charge in [-0.05, 0) is 6.92 Å². The Morgan fingerprint density at radius 1 is 0.957 bits per heavy atom. The Morgan fingerprint density at radius 2 is 1.39 bits per heavy atom. The van der Waals surface area contributed by atoms with Crippen LogP contribution in [0.4, 0.5) is 0 Å². The van der Waals surface area contributed by atoms with Gasteiger partial charge in [0.25, 0.3) is 0 Å². The Hall–Kier alpha value is -1.42. The molecule has 2 rings (SSSR count). The first kappa shape index (κ1) is 17.9. The van der Waals surface area contributed by atoms with Crippen molar-refractivity contribution in [1.82, 2.24) is 5.23 Å². The third-order valence-corrected chi connectivity index (χ3v) is 3.83. The minimum Gasteiger partial charge on any atom is -0.420 e. The highest BCUT2D eigenvalue weighted by molar-refractivity contribution is 6.84. The summed E-state index contributed by atoms with van der Waals surface area (Å²) in [6, 6.07) is 19.6. The van der Waals surface area contributed by atoms with Crippen molar-refractivity contribution in [2.75, 3.05) is 0 Å². The van der Waals surface area contributed by atoms with Gasteiger partial charge in [0, 0.05) is 6.08 Å². The lowest BCUT2D eigenvalue weighted by Crippen LogP contribution is -2.55. The second-order valence-corrected chi connectivity index (χ2v) is 7.35. The fourth-order valence-corrected chi connectivity index (χ4v) is 2.54. The number of alkyl halides is 3. The van der Waals surface area contributed by atoms with Gasteiger partial charge in [-0.1, -0.05) is 106 Å². The van der Waals surface area contributed by atoms with Gasteiger partial charge in [0.2, 0.25) is 3.79 Å². The summed E-state index contributed by atoms with van der Waals surface area (Å²) in [5, 5.41) is 3.20. The molecule has 0 atom stereocenters. The van der Waals surface area contributed by atoms with Crippen molar-refractivity contribution in [3.8, 4) is 0 Å². The lowest BCUT2D eigenvalue weighted by Gasteiger charge is -2.23. The first-order chi connectivity index (χ1) is 10.9. The zero-order chi connectivity index (χ0) is 16.9. The van der Waals surface area contributed by atoms with Gasteiger partial charge in [-0.15, -0.1) is 0 Å². The van der Waals surface area contributed by atoms with E-state index in [1.807, 2.05) is 60.7 Å². The predicted molar refractivity (Wildman–Crippen MR) is 100 cm³/mol. The standard InChI is InChI=1S/C17H15BCl3NO/c1-13(23)12-16(17(19,20)21)22-18(14-8-4-2-5-9-14)15-10-6-3-7-11-15/h2-12,22H,1H3/b16-12-. The van der Waals surface area contributed by atoms with Gasteiger partial charge in [0.05, 0.1) is 5.70 Å². The molecule has 0 saturated carbocycles. The summed E-state index contributed by atoms with van der Waals surface area (Å²) in [7, 11) is 0. The molecule has 2 aromatic carbocycles. The van der Waals surface area contributed by atoms with E-state index in [0.717, 1.165) is 10.9 Å². The highest BCUT2D eigenvalue weighted by atomic mass is 35.6. The van der Waals surface area contributed by atoms with Gasteiger partial charge in [-0.3, -0.25) is 4.79 Å². The molecular weight excluding hydrogens is 351 g/mol. The van der Waals surface area contributed by atoms with E-state index in [1.165, 1.54) is 13.0 Å².